The zero-order valence-electron chi connectivity index (χ0n) is 12.8. The summed E-state index contributed by atoms with van der Waals surface area (Å²) in [5.74, 6) is 2.00. The van der Waals surface area contributed by atoms with E-state index in [9.17, 15) is 0 Å². The van der Waals surface area contributed by atoms with Gasteiger partial charge in [-0.2, -0.15) is 0 Å². The van der Waals surface area contributed by atoms with Crippen LogP contribution in [0.1, 0.15) is 53.9 Å². The van der Waals surface area contributed by atoms with Crippen molar-refractivity contribution in [1.82, 2.24) is 0 Å². The number of hydrogen-bond donors (Lipinski definition) is 0. The minimum absolute atomic E-state index is 0.0252. The summed E-state index contributed by atoms with van der Waals surface area (Å²) in [7, 11) is -0.214. The molecule has 0 aromatic heterocycles. The molecule has 3 aliphatic carbocycles. The van der Waals surface area contributed by atoms with Crippen molar-refractivity contribution >= 4 is 18.7 Å². The molecule has 4 aliphatic rings. The van der Waals surface area contributed by atoms with E-state index < -0.39 is 0 Å². The summed E-state index contributed by atoms with van der Waals surface area (Å²) >= 11 is 6.49. The maximum atomic E-state index is 6.49. The largest absolute Gasteiger partial charge is 0.476 e. The summed E-state index contributed by atoms with van der Waals surface area (Å²) < 4.78 is 12.5. The molecule has 4 fully saturated rings. The van der Waals surface area contributed by atoms with Crippen molar-refractivity contribution in [3.05, 3.63) is 0 Å². The Morgan fingerprint density at radius 3 is 2.53 bits per heavy atom. The van der Waals surface area contributed by atoms with Gasteiger partial charge in [0.1, 0.15) is 0 Å². The second-order valence-corrected chi connectivity index (χ2v) is 8.54. The molecule has 0 unspecified atom stereocenters. The van der Waals surface area contributed by atoms with Crippen LogP contribution >= 0.6 is 11.6 Å². The molecule has 1 aliphatic heterocycles. The van der Waals surface area contributed by atoms with Gasteiger partial charge in [-0.1, -0.05) is 27.7 Å². The fourth-order valence-electron chi connectivity index (χ4n) is 4.61. The Morgan fingerprint density at radius 1 is 1.26 bits per heavy atom. The third-order valence-corrected chi connectivity index (χ3v) is 6.34. The molecule has 0 spiro atoms. The highest BCUT2D eigenvalue weighted by Crippen LogP contribution is 2.65. The molecule has 0 aromatic carbocycles. The molecule has 5 atom stereocenters. The SMILES string of the molecule is CC(C)C[C@H](Cl)B1O[C@@H]2C[C@@H]3C[C@@H](C3(C)C)[C@]2(C)O1. The average molecular weight is 285 g/mol. The molecule has 0 amide bonds. The molecule has 2 bridgehead atoms. The quantitative estimate of drug-likeness (QED) is 0.578. The minimum atomic E-state index is -0.214. The van der Waals surface area contributed by atoms with Crippen LogP contribution in [0.5, 0.6) is 0 Å². The van der Waals surface area contributed by atoms with Crippen molar-refractivity contribution in [3.63, 3.8) is 0 Å². The number of halogens is 1. The lowest BCUT2D eigenvalue weighted by Gasteiger charge is -2.64. The Morgan fingerprint density at radius 2 is 1.95 bits per heavy atom. The van der Waals surface area contributed by atoms with Crippen molar-refractivity contribution in [1.29, 1.82) is 0 Å². The van der Waals surface area contributed by atoms with Crippen LogP contribution in [-0.2, 0) is 9.31 Å². The highest BCUT2D eigenvalue weighted by Gasteiger charge is 2.68. The third kappa shape index (κ3) is 1.99. The monoisotopic (exact) mass is 284 g/mol. The van der Waals surface area contributed by atoms with Crippen LogP contribution in [0.2, 0.25) is 0 Å². The minimum Gasteiger partial charge on any atom is -0.404 e. The third-order valence-electron chi connectivity index (χ3n) is 5.96. The van der Waals surface area contributed by atoms with Gasteiger partial charge in [0.05, 0.1) is 17.0 Å². The van der Waals surface area contributed by atoms with E-state index in [4.69, 9.17) is 20.9 Å². The van der Waals surface area contributed by atoms with E-state index >= 15 is 0 Å². The summed E-state index contributed by atoms with van der Waals surface area (Å²) in [5, 5.41) is -0.0252. The molecule has 0 aromatic rings. The molecule has 19 heavy (non-hydrogen) atoms. The topological polar surface area (TPSA) is 18.5 Å². The molecular formula is C15H26BClO2. The highest BCUT2D eigenvalue weighted by molar-refractivity contribution is 6.59. The van der Waals surface area contributed by atoms with Gasteiger partial charge >= 0.3 is 7.12 Å². The zero-order chi connectivity index (χ0) is 14.0. The van der Waals surface area contributed by atoms with Crippen molar-refractivity contribution in [2.24, 2.45) is 23.2 Å². The molecule has 0 radical (unpaired) electrons. The van der Waals surface area contributed by atoms with Crippen LogP contribution in [0.15, 0.2) is 0 Å². The van der Waals surface area contributed by atoms with E-state index in [1.54, 1.807) is 0 Å². The molecular weight excluding hydrogens is 258 g/mol. The fraction of sp³-hybridized carbons (Fsp3) is 1.00. The van der Waals surface area contributed by atoms with E-state index in [1.807, 2.05) is 0 Å². The lowest BCUT2D eigenvalue weighted by Crippen LogP contribution is -2.65. The van der Waals surface area contributed by atoms with E-state index in [0.29, 0.717) is 17.3 Å². The molecule has 4 rings (SSSR count). The van der Waals surface area contributed by atoms with Gasteiger partial charge in [-0.25, -0.2) is 0 Å². The van der Waals surface area contributed by atoms with Gasteiger partial charge in [-0.15, -0.1) is 11.6 Å². The number of rotatable bonds is 3. The average Bonchev–Trinajstić information content (AvgIpc) is 2.64. The first-order chi connectivity index (χ1) is 8.75. The van der Waals surface area contributed by atoms with Gasteiger partial charge in [-0.05, 0) is 49.4 Å². The summed E-state index contributed by atoms with van der Waals surface area (Å²) in [6, 6.07) is 0. The Labute approximate surface area is 122 Å². The Hall–Kier alpha value is 0.275. The molecule has 0 N–H and O–H groups in total. The fourth-order valence-corrected chi connectivity index (χ4v) is 5.08. The van der Waals surface area contributed by atoms with Gasteiger partial charge in [0.15, 0.2) is 0 Å². The van der Waals surface area contributed by atoms with Crippen molar-refractivity contribution in [2.45, 2.75) is 70.9 Å². The van der Waals surface area contributed by atoms with Gasteiger partial charge in [-0.3, -0.25) is 0 Å². The molecule has 4 heteroatoms. The van der Waals surface area contributed by atoms with Gasteiger partial charge < -0.3 is 9.31 Å². The summed E-state index contributed by atoms with van der Waals surface area (Å²) in [6.45, 7) is 11.4. The second kappa shape index (κ2) is 4.38. The first-order valence-corrected chi connectivity index (χ1v) is 8.16. The van der Waals surface area contributed by atoms with Crippen LogP contribution < -0.4 is 0 Å². The molecule has 1 heterocycles. The van der Waals surface area contributed by atoms with Crippen LogP contribution in [0, 0.1) is 23.2 Å². The number of hydrogen-bond acceptors (Lipinski definition) is 2. The van der Waals surface area contributed by atoms with E-state index in [0.717, 1.165) is 18.8 Å². The van der Waals surface area contributed by atoms with E-state index in [1.165, 1.54) is 6.42 Å². The molecule has 2 nitrogen and oxygen atoms in total. The predicted molar refractivity (Wildman–Crippen MR) is 79.2 cm³/mol. The first-order valence-electron chi connectivity index (χ1n) is 7.72. The molecule has 108 valence electrons. The number of alkyl halides is 1. The standard InChI is InChI=1S/C15H26BClO2/c1-9(2)6-13(17)16-18-12-8-10-7-11(14(10,3)4)15(12,5)19-16/h9-13H,6-8H2,1-5H3/t10-,11-,12+,13-,15-/m0/s1. The smallest absolute Gasteiger partial charge is 0.404 e. The van der Waals surface area contributed by atoms with Crippen molar-refractivity contribution in [3.8, 4) is 0 Å². The normalized spacial score (nSPS) is 45.0. The van der Waals surface area contributed by atoms with Crippen molar-refractivity contribution in [2.75, 3.05) is 0 Å². The highest BCUT2D eigenvalue weighted by atomic mass is 35.5. The summed E-state index contributed by atoms with van der Waals surface area (Å²) in [5.41, 5.74) is 0.288. The predicted octanol–water partition coefficient (Wildman–Crippen LogP) is 3.91. The van der Waals surface area contributed by atoms with Gasteiger partial charge in [0, 0.05) is 0 Å². The lowest BCUT2D eigenvalue weighted by molar-refractivity contribution is -0.199. The van der Waals surface area contributed by atoms with Crippen LogP contribution in [-0.4, -0.2) is 24.1 Å². The van der Waals surface area contributed by atoms with Crippen molar-refractivity contribution < 1.29 is 9.31 Å². The van der Waals surface area contributed by atoms with Crippen LogP contribution in [0.25, 0.3) is 0 Å². The summed E-state index contributed by atoms with van der Waals surface area (Å²) in [6.07, 6.45) is 3.64. The molecule has 3 saturated carbocycles. The second-order valence-electron chi connectivity index (χ2n) is 7.98. The summed E-state index contributed by atoms with van der Waals surface area (Å²) in [4.78, 5) is 0. The Bertz CT molecular complexity index is 373. The van der Waals surface area contributed by atoms with E-state index in [-0.39, 0.29) is 24.1 Å². The zero-order valence-corrected chi connectivity index (χ0v) is 13.5. The first kappa shape index (κ1) is 14.2. The van der Waals surface area contributed by atoms with Gasteiger partial charge in [0.25, 0.3) is 0 Å². The molecule has 1 saturated heterocycles. The van der Waals surface area contributed by atoms with Crippen LogP contribution in [0.4, 0.5) is 0 Å². The van der Waals surface area contributed by atoms with Gasteiger partial charge in [0.2, 0.25) is 0 Å². The Kier molecular flexibility index (Phi) is 3.28. The Balaban J connectivity index is 1.74. The lowest BCUT2D eigenvalue weighted by atomic mass is 9.43. The van der Waals surface area contributed by atoms with Crippen LogP contribution in [0.3, 0.4) is 0 Å². The maximum Gasteiger partial charge on any atom is 0.476 e. The maximum absolute atomic E-state index is 6.49. The van der Waals surface area contributed by atoms with E-state index in [2.05, 4.69) is 34.6 Å².